The van der Waals surface area contributed by atoms with Gasteiger partial charge >= 0.3 is 10.3 Å². The topological polar surface area (TPSA) is 120 Å². The Morgan fingerprint density at radius 2 is 2.03 bits per heavy atom. The SMILES string of the molecule is NS(=O)(=O)O[C@H]1C[C@H](n2ccc3c(C[C@H]4CCc5ccccc54)ncnc32)C[C@H]1O. The van der Waals surface area contributed by atoms with Crippen LogP contribution in [0.3, 0.4) is 0 Å². The number of aromatic nitrogens is 3. The largest absolute Gasteiger partial charge is 0.390 e. The Hall–Kier alpha value is -2.33. The zero-order chi connectivity index (χ0) is 20.9. The van der Waals surface area contributed by atoms with E-state index in [1.54, 1.807) is 6.33 Å². The Morgan fingerprint density at radius 1 is 1.20 bits per heavy atom. The molecule has 2 aliphatic rings. The first-order valence-corrected chi connectivity index (χ1v) is 11.6. The van der Waals surface area contributed by atoms with Crippen molar-refractivity contribution in [2.75, 3.05) is 0 Å². The Kier molecular flexibility index (Phi) is 4.85. The molecule has 30 heavy (non-hydrogen) atoms. The Balaban J connectivity index is 1.41. The summed E-state index contributed by atoms with van der Waals surface area (Å²) >= 11 is 0. The van der Waals surface area contributed by atoms with Crippen molar-refractivity contribution in [2.24, 2.45) is 5.14 Å². The van der Waals surface area contributed by atoms with Gasteiger partial charge in [-0.15, -0.1) is 0 Å². The second-order valence-corrected chi connectivity index (χ2v) is 9.42. The van der Waals surface area contributed by atoms with E-state index in [0.717, 1.165) is 36.0 Å². The fourth-order valence-electron chi connectivity index (χ4n) is 5.03. The third-order valence-electron chi connectivity index (χ3n) is 6.39. The fourth-order valence-corrected chi connectivity index (χ4v) is 5.58. The normalized spacial score (nSPS) is 26.3. The van der Waals surface area contributed by atoms with Crippen molar-refractivity contribution >= 4 is 21.3 Å². The molecule has 0 amide bonds. The molecule has 1 saturated carbocycles. The Morgan fingerprint density at radius 3 is 2.87 bits per heavy atom. The van der Waals surface area contributed by atoms with Gasteiger partial charge in [-0.25, -0.2) is 15.1 Å². The summed E-state index contributed by atoms with van der Waals surface area (Å²) < 4.78 is 29.3. The van der Waals surface area contributed by atoms with E-state index in [0.29, 0.717) is 18.8 Å². The van der Waals surface area contributed by atoms with Crippen LogP contribution in [0.2, 0.25) is 0 Å². The molecule has 1 aromatic carbocycles. The number of aliphatic hydroxyl groups excluding tert-OH is 1. The lowest BCUT2D eigenvalue weighted by Gasteiger charge is -2.15. The fraction of sp³-hybridized carbons (Fsp3) is 0.429. The Bertz CT molecular complexity index is 1190. The first-order valence-electron chi connectivity index (χ1n) is 10.2. The number of aryl methyl sites for hydroxylation is 1. The highest BCUT2D eigenvalue weighted by atomic mass is 32.2. The molecule has 5 rings (SSSR count). The lowest BCUT2D eigenvalue weighted by molar-refractivity contribution is 0.0645. The smallest absolute Gasteiger partial charge is 0.333 e. The van der Waals surface area contributed by atoms with Crippen LogP contribution in [0.15, 0.2) is 42.9 Å². The quantitative estimate of drug-likeness (QED) is 0.641. The summed E-state index contributed by atoms with van der Waals surface area (Å²) in [5, 5.41) is 16.2. The number of fused-ring (bicyclic) bond motifs is 2. The third kappa shape index (κ3) is 3.62. The summed E-state index contributed by atoms with van der Waals surface area (Å²) in [5.41, 5.74) is 4.63. The number of hydrogen-bond donors (Lipinski definition) is 2. The van der Waals surface area contributed by atoms with Gasteiger partial charge in [0.2, 0.25) is 0 Å². The van der Waals surface area contributed by atoms with Crippen molar-refractivity contribution in [2.45, 2.75) is 56.3 Å². The minimum Gasteiger partial charge on any atom is -0.390 e. The van der Waals surface area contributed by atoms with Gasteiger partial charge in [0.25, 0.3) is 0 Å². The van der Waals surface area contributed by atoms with Crippen molar-refractivity contribution in [1.29, 1.82) is 0 Å². The highest BCUT2D eigenvalue weighted by molar-refractivity contribution is 7.84. The second kappa shape index (κ2) is 7.42. The van der Waals surface area contributed by atoms with Crippen molar-refractivity contribution in [3.8, 4) is 0 Å². The molecule has 0 unspecified atom stereocenters. The van der Waals surface area contributed by atoms with Gasteiger partial charge in [0.1, 0.15) is 18.1 Å². The summed E-state index contributed by atoms with van der Waals surface area (Å²) in [5.74, 6) is 0.448. The number of benzene rings is 1. The summed E-state index contributed by atoms with van der Waals surface area (Å²) in [4.78, 5) is 9.04. The standard InChI is InChI=1S/C21H24N4O4S/c22-30(27,28)29-20-11-15(10-19(20)26)25-8-7-17-18(23-12-24-21(17)25)9-14-6-5-13-3-1-2-4-16(13)14/h1-4,7-8,12,14-15,19-20,26H,5-6,9-11H2,(H2,22,27,28)/t14-,15-,19-,20+/m1/s1. The van der Waals surface area contributed by atoms with Gasteiger partial charge in [-0.1, -0.05) is 24.3 Å². The predicted octanol–water partition coefficient (Wildman–Crippen LogP) is 1.99. The van der Waals surface area contributed by atoms with Crippen LogP contribution in [0.1, 0.15) is 48.0 Å². The number of rotatable bonds is 5. The van der Waals surface area contributed by atoms with E-state index >= 15 is 0 Å². The van der Waals surface area contributed by atoms with Crippen LogP contribution in [0.5, 0.6) is 0 Å². The molecule has 3 N–H and O–H groups in total. The predicted molar refractivity (Wildman–Crippen MR) is 111 cm³/mol. The third-order valence-corrected chi connectivity index (χ3v) is 6.90. The number of nitrogens with two attached hydrogens (primary N) is 1. The summed E-state index contributed by atoms with van der Waals surface area (Å²) in [6, 6.07) is 10.5. The van der Waals surface area contributed by atoms with E-state index in [-0.39, 0.29) is 6.04 Å². The van der Waals surface area contributed by atoms with Crippen molar-refractivity contribution < 1.29 is 17.7 Å². The Labute approximate surface area is 175 Å². The van der Waals surface area contributed by atoms with Crippen molar-refractivity contribution in [1.82, 2.24) is 14.5 Å². The maximum absolute atomic E-state index is 11.3. The molecule has 158 valence electrons. The lowest BCUT2D eigenvalue weighted by atomic mass is 9.95. The lowest BCUT2D eigenvalue weighted by Crippen LogP contribution is -2.29. The molecule has 9 heteroatoms. The molecule has 4 atom stereocenters. The molecule has 8 nitrogen and oxygen atoms in total. The average Bonchev–Trinajstić information content (AvgIpc) is 3.39. The molecule has 0 bridgehead atoms. The van der Waals surface area contributed by atoms with Gasteiger partial charge in [0, 0.05) is 17.6 Å². The first kappa shape index (κ1) is 19.6. The minimum absolute atomic E-state index is 0.126. The van der Waals surface area contributed by atoms with Crippen LogP contribution < -0.4 is 5.14 Å². The van der Waals surface area contributed by atoms with Gasteiger partial charge in [-0.2, -0.15) is 8.42 Å². The molecule has 2 heterocycles. The van der Waals surface area contributed by atoms with E-state index < -0.39 is 22.5 Å². The van der Waals surface area contributed by atoms with Crippen LogP contribution in [-0.4, -0.2) is 40.3 Å². The second-order valence-electron chi connectivity index (χ2n) is 8.24. The van der Waals surface area contributed by atoms with Crippen molar-refractivity contribution in [3.63, 3.8) is 0 Å². The molecule has 1 fully saturated rings. The zero-order valence-corrected chi connectivity index (χ0v) is 17.2. The van der Waals surface area contributed by atoms with Crippen LogP contribution >= 0.6 is 0 Å². The first-order chi connectivity index (χ1) is 14.4. The monoisotopic (exact) mass is 428 g/mol. The highest BCUT2D eigenvalue weighted by Crippen LogP contribution is 2.38. The molecule has 2 aliphatic carbocycles. The molecular weight excluding hydrogens is 404 g/mol. The van der Waals surface area contributed by atoms with E-state index in [9.17, 15) is 13.5 Å². The van der Waals surface area contributed by atoms with Crippen LogP contribution in [0.25, 0.3) is 11.0 Å². The molecule has 0 saturated heterocycles. The van der Waals surface area contributed by atoms with Crippen LogP contribution in [0, 0.1) is 0 Å². The zero-order valence-electron chi connectivity index (χ0n) is 16.4. The molecule has 0 spiro atoms. The number of aliphatic hydroxyl groups is 1. The van der Waals surface area contributed by atoms with E-state index in [1.807, 2.05) is 16.8 Å². The highest BCUT2D eigenvalue weighted by Gasteiger charge is 2.37. The minimum atomic E-state index is -4.11. The maximum atomic E-state index is 11.3. The van der Waals surface area contributed by atoms with E-state index in [4.69, 9.17) is 9.32 Å². The molecule has 0 radical (unpaired) electrons. The number of hydrogen-bond acceptors (Lipinski definition) is 6. The van der Waals surface area contributed by atoms with Crippen molar-refractivity contribution in [3.05, 3.63) is 59.7 Å². The molecule has 0 aliphatic heterocycles. The average molecular weight is 429 g/mol. The van der Waals surface area contributed by atoms with Gasteiger partial charge in [0.15, 0.2) is 0 Å². The van der Waals surface area contributed by atoms with Gasteiger partial charge in [-0.05, 0) is 55.2 Å². The van der Waals surface area contributed by atoms with Gasteiger partial charge < -0.3 is 9.67 Å². The van der Waals surface area contributed by atoms with Gasteiger partial charge in [0.05, 0.1) is 11.8 Å². The van der Waals surface area contributed by atoms with Crippen LogP contribution in [0.4, 0.5) is 0 Å². The molecule has 2 aromatic heterocycles. The van der Waals surface area contributed by atoms with E-state index in [1.165, 1.54) is 11.1 Å². The number of nitrogens with zero attached hydrogens (tertiary/aromatic N) is 3. The summed E-state index contributed by atoms with van der Waals surface area (Å²) in [6.45, 7) is 0. The maximum Gasteiger partial charge on any atom is 0.333 e. The summed E-state index contributed by atoms with van der Waals surface area (Å²) in [7, 11) is -4.11. The molecule has 3 aromatic rings. The van der Waals surface area contributed by atoms with E-state index in [2.05, 4.69) is 34.2 Å². The molecular formula is C21H24N4O4S. The van der Waals surface area contributed by atoms with Crippen LogP contribution in [-0.2, 0) is 27.3 Å². The summed E-state index contributed by atoms with van der Waals surface area (Å²) in [6.07, 6.45) is 5.55. The van der Waals surface area contributed by atoms with Gasteiger partial charge in [-0.3, -0.25) is 4.18 Å².